The van der Waals surface area contributed by atoms with Gasteiger partial charge in [-0.2, -0.15) is 4.31 Å². The van der Waals surface area contributed by atoms with Crippen molar-refractivity contribution in [2.75, 3.05) is 31.2 Å². The second-order valence-corrected chi connectivity index (χ2v) is 13.3. The van der Waals surface area contributed by atoms with Gasteiger partial charge < -0.3 is 21.3 Å². The molecule has 212 valence electrons. The van der Waals surface area contributed by atoms with E-state index in [1.54, 1.807) is 59.1 Å². The highest BCUT2D eigenvalue weighted by atomic mass is 32.2. The van der Waals surface area contributed by atoms with Crippen LogP contribution in [0.3, 0.4) is 0 Å². The first-order valence-electron chi connectivity index (χ1n) is 13.2. The Balaban J connectivity index is 1.51. The van der Waals surface area contributed by atoms with E-state index in [-0.39, 0.29) is 24.4 Å². The SMILES string of the molecule is CNC(C)C(=O)NC(C(=O)CS(=O)(=O)N1CCC2NCC(C(=O)Nc3cccc4ncccc34)C21)C(C)(C)C. The number of carbonyl (C=O) groups excluding carboxylic acids is 3. The van der Waals surface area contributed by atoms with Gasteiger partial charge in [0.05, 0.1) is 35.2 Å². The Kier molecular flexibility index (Phi) is 8.41. The van der Waals surface area contributed by atoms with E-state index in [1.807, 2.05) is 12.1 Å². The van der Waals surface area contributed by atoms with Gasteiger partial charge in [-0.25, -0.2) is 8.42 Å². The summed E-state index contributed by atoms with van der Waals surface area (Å²) in [5.74, 6) is -2.65. The minimum Gasteiger partial charge on any atom is -0.344 e. The highest BCUT2D eigenvalue weighted by molar-refractivity contribution is 7.89. The molecule has 12 heteroatoms. The zero-order valence-corrected chi connectivity index (χ0v) is 23.8. The molecular weight excluding hydrogens is 520 g/mol. The molecule has 5 unspecified atom stereocenters. The average molecular weight is 559 g/mol. The lowest BCUT2D eigenvalue weighted by atomic mass is 9.84. The molecule has 2 aromatic rings. The number of benzene rings is 1. The molecule has 11 nitrogen and oxygen atoms in total. The lowest BCUT2D eigenvalue weighted by Crippen LogP contribution is -2.56. The van der Waals surface area contributed by atoms with Crippen molar-refractivity contribution >= 4 is 44.2 Å². The summed E-state index contributed by atoms with van der Waals surface area (Å²) in [5, 5.41) is 12.6. The molecule has 1 aromatic carbocycles. The van der Waals surface area contributed by atoms with Crippen molar-refractivity contribution in [3.63, 3.8) is 0 Å². The quantitative estimate of drug-likeness (QED) is 0.354. The second-order valence-electron chi connectivity index (χ2n) is 11.4. The van der Waals surface area contributed by atoms with Crippen LogP contribution >= 0.6 is 0 Å². The Morgan fingerprint density at radius 1 is 1.18 bits per heavy atom. The molecule has 0 spiro atoms. The van der Waals surface area contributed by atoms with Crippen molar-refractivity contribution in [2.24, 2.45) is 11.3 Å². The summed E-state index contributed by atoms with van der Waals surface area (Å²) in [6, 6.07) is 6.78. The van der Waals surface area contributed by atoms with Gasteiger partial charge in [-0.05, 0) is 50.1 Å². The normalized spacial score (nSPS) is 23.3. The lowest BCUT2D eigenvalue weighted by Gasteiger charge is -2.32. The molecule has 2 saturated heterocycles. The number of amides is 2. The second kappa shape index (κ2) is 11.3. The molecular formula is C27H38N6O5S. The summed E-state index contributed by atoms with van der Waals surface area (Å²) in [5.41, 5.74) is 0.649. The van der Waals surface area contributed by atoms with Gasteiger partial charge in [-0.1, -0.05) is 26.8 Å². The Morgan fingerprint density at radius 3 is 2.62 bits per heavy atom. The molecule has 0 bridgehead atoms. The van der Waals surface area contributed by atoms with E-state index in [2.05, 4.69) is 26.3 Å². The number of rotatable bonds is 9. The number of sulfonamides is 1. The van der Waals surface area contributed by atoms with Crippen LogP contribution in [0.25, 0.3) is 10.9 Å². The first kappa shape index (κ1) is 29.1. The number of fused-ring (bicyclic) bond motifs is 2. The number of anilines is 1. The molecule has 4 N–H and O–H groups in total. The average Bonchev–Trinajstić information content (AvgIpc) is 3.48. The molecule has 2 amide bonds. The summed E-state index contributed by atoms with van der Waals surface area (Å²) >= 11 is 0. The fraction of sp³-hybridized carbons (Fsp3) is 0.556. The summed E-state index contributed by atoms with van der Waals surface area (Å²) in [6.07, 6.45) is 2.22. The molecule has 4 rings (SSSR count). The van der Waals surface area contributed by atoms with Crippen LogP contribution < -0.4 is 21.3 Å². The van der Waals surface area contributed by atoms with Gasteiger partial charge in [-0.15, -0.1) is 0 Å². The van der Waals surface area contributed by atoms with Crippen molar-refractivity contribution < 1.29 is 22.8 Å². The van der Waals surface area contributed by atoms with Crippen LogP contribution in [0.1, 0.15) is 34.1 Å². The van der Waals surface area contributed by atoms with Gasteiger partial charge in [0.15, 0.2) is 5.78 Å². The number of nitrogens with one attached hydrogen (secondary N) is 4. The zero-order valence-electron chi connectivity index (χ0n) is 23.0. The van der Waals surface area contributed by atoms with Crippen molar-refractivity contribution in [3.05, 3.63) is 36.5 Å². The minimum absolute atomic E-state index is 0.186. The molecule has 0 aliphatic carbocycles. The van der Waals surface area contributed by atoms with Gasteiger partial charge in [0, 0.05) is 30.7 Å². The molecule has 0 radical (unpaired) electrons. The van der Waals surface area contributed by atoms with Crippen LogP contribution in [0.2, 0.25) is 0 Å². The number of nitrogens with zero attached hydrogens (tertiary/aromatic N) is 2. The summed E-state index contributed by atoms with van der Waals surface area (Å²) in [7, 11) is -2.44. The van der Waals surface area contributed by atoms with E-state index in [4.69, 9.17) is 0 Å². The number of aromatic nitrogens is 1. The van der Waals surface area contributed by atoms with E-state index in [0.717, 1.165) is 10.9 Å². The first-order valence-corrected chi connectivity index (χ1v) is 14.8. The third kappa shape index (κ3) is 6.13. The van der Waals surface area contributed by atoms with Crippen LogP contribution in [0.15, 0.2) is 36.5 Å². The number of carbonyl (C=O) groups is 3. The van der Waals surface area contributed by atoms with Crippen molar-refractivity contribution in [1.82, 2.24) is 25.2 Å². The summed E-state index contributed by atoms with van der Waals surface area (Å²) < 4.78 is 28.5. The Labute approximate surface area is 229 Å². The molecule has 2 aliphatic rings. The van der Waals surface area contributed by atoms with Crippen LogP contribution in [0.4, 0.5) is 5.69 Å². The highest BCUT2D eigenvalue weighted by Gasteiger charge is 2.51. The molecule has 2 aliphatic heterocycles. The first-order chi connectivity index (χ1) is 18.3. The van der Waals surface area contributed by atoms with Crippen molar-refractivity contribution in [1.29, 1.82) is 0 Å². The molecule has 0 saturated carbocycles. The maximum Gasteiger partial charge on any atom is 0.237 e. The monoisotopic (exact) mass is 558 g/mol. The van der Waals surface area contributed by atoms with Crippen molar-refractivity contribution in [3.8, 4) is 0 Å². The fourth-order valence-corrected chi connectivity index (χ4v) is 7.16. The molecule has 39 heavy (non-hydrogen) atoms. The van der Waals surface area contributed by atoms with Crippen LogP contribution in [0.5, 0.6) is 0 Å². The zero-order chi connectivity index (χ0) is 28.5. The van der Waals surface area contributed by atoms with Crippen LogP contribution in [0, 0.1) is 11.3 Å². The van der Waals surface area contributed by atoms with E-state index in [9.17, 15) is 22.8 Å². The highest BCUT2D eigenvalue weighted by Crippen LogP contribution is 2.34. The predicted octanol–water partition coefficient (Wildman–Crippen LogP) is 0.873. The van der Waals surface area contributed by atoms with Gasteiger partial charge in [0.2, 0.25) is 21.8 Å². The molecule has 5 atom stereocenters. The molecule has 2 fully saturated rings. The number of Topliss-reactive ketones (excluding diaryl/α,β-unsaturated/α-hetero) is 1. The topological polar surface area (TPSA) is 150 Å². The maximum absolute atomic E-state index is 13.6. The van der Waals surface area contributed by atoms with E-state index in [0.29, 0.717) is 18.7 Å². The maximum atomic E-state index is 13.6. The number of ketones is 1. The van der Waals surface area contributed by atoms with E-state index in [1.165, 1.54) is 4.31 Å². The van der Waals surface area contributed by atoms with Gasteiger partial charge >= 0.3 is 0 Å². The largest absolute Gasteiger partial charge is 0.344 e. The number of hydrogen-bond acceptors (Lipinski definition) is 8. The summed E-state index contributed by atoms with van der Waals surface area (Å²) in [4.78, 5) is 43.6. The lowest BCUT2D eigenvalue weighted by molar-refractivity contribution is -0.129. The Bertz CT molecular complexity index is 1350. The van der Waals surface area contributed by atoms with Gasteiger partial charge in [0.1, 0.15) is 5.75 Å². The molecule has 3 heterocycles. The van der Waals surface area contributed by atoms with E-state index < -0.39 is 51.0 Å². The number of likely N-dealkylation sites (N-methyl/N-ethyl adjacent to an activating group) is 1. The summed E-state index contributed by atoms with van der Waals surface area (Å²) in [6.45, 7) is 7.54. The van der Waals surface area contributed by atoms with Crippen LogP contribution in [-0.2, 0) is 24.4 Å². The Morgan fingerprint density at radius 2 is 1.92 bits per heavy atom. The molecule has 1 aromatic heterocycles. The smallest absolute Gasteiger partial charge is 0.237 e. The van der Waals surface area contributed by atoms with Crippen LogP contribution in [-0.4, -0.2) is 85.4 Å². The van der Waals surface area contributed by atoms with Crippen molar-refractivity contribution in [2.45, 2.75) is 58.3 Å². The number of pyridine rings is 1. The van der Waals surface area contributed by atoms with Gasteiger partial charge in [-0.3, -0.25) is 19.4 Å². The van der Waals surface area contributed by atoms with Gasteiger partial charge in [0.25, 0.3) is 0 Å². The predicted molar refractivity (Wildman–Crippen MR) is 149 cm³/mol. The Hall–Kier alpha value is -2.93. The number of hydrogen-bond donors (Lipinski definition) is 4. The third-order valence-corrected chi connectivity index (χ3v) is 9.43. The third-order valence-electron chi connectivity index (χ3n) is 7.64. The standard InChI is InChI=1S/C27H38N6O5S/c1-16(28-5)25(35)32-24(27(2,3)4)22(34)15-39(37,38)33-13-11-21-23(33)18(14-30-21)26(36)31-20-10-6-9-19-17(20)8-7-12-29-19/h6-10,12,16,18,21,23-24,28,30H,11,13-15H2,1-5H3,(H,31,36)(H,32,35). The van der Waals surface area contributed by atoms with E-state index >= 15 is 0 Å². The minimum atomic E-state index is -4.07. The fourth-order valence-electron chi connectivity index (χ4n) is 5.42.